The Kier molecular flexibility index (Phi) is 5.61. The molecule has 21 heavy (non-hydrogen) atoms. The standard InChI is InChI=1S/C10H13ClN2O7S/c11-8-3-7(13(17)18)1-2-9(8)21(19,20)12-10(4-14,5-15)6-16/h1-3,12,14-16H,4-6H2. The third-order valence-electron chi connectivity index (χ3n) is 2.67. The molecule has 0 aromatic heterocycles. The summed E-state index contributed by atoms with van der Waals surface area (Å²) in [5.41, 5.74) is -2.26. The lowest BCUT2D eigenvalue weighted by Crippen LogP contribution is -2.56. The van der Waals surface area contributed by atoms with Gasteiger partial charge in [-0.25, -0.2) is 8.42 Å². The van der Waals surface area contributed by atoms with Crippen molar-refractivity contribution in [3.05, 3.63) is 33.3 Å². The number of nitrogens with one attached hydrogen (secondary N) is 1. The van der Waals surface area contributed by atoms with Crippen molar-refractivity contribution < 1.29 is 28.7 Å². The minimum atomic E-state index is -4.31. The van der Waals surface area contributed by atoms with E-state index in [9.17, 15) is 18.5 Å². The molecule has 1 aromatic rings. The Bertz CT molecular complexity index is 622. The van der Waals surface area contributed by atoms with Crippen LogP contribution in [-0.4, -0.2) is 54.0 Å². The summed E-state index contributed by atoms with van der Waals surface area (Å²) < 4.78 is 26.2. The van der Waals surface area contributed by atoms with Gasteiger partial charge < -0.3 is 15.3 Å². The number of benzene rings is 1. The number of nitro groups is 1. The molecule has 0 saturated heterocycles. The molecular weight excluding hydrogens is 328 g/mol. The van der Waals surface area contributed by atoms with E-state index < -0.39 is 55.9 Å². The fourth-order valence-electron chi connectivity index (χ4n) is 1.41. The van der Waals surface area contributed by atoms with Crippen molar-refractivity contribution in [1.82, 2.24) is 4.72 Å². The molecule has 0 unspecified atom stereocenters. The van der Waals surface area contributed by atoms with Gasteiger partial charge in [0.25, 0.3) is 5.69 Å². The van der Waals surface area contributed by atoms with Gasteiger partial charge in [-0.1, -0.05) is 11.6 Å². The summed E-state index contributed by atoms with van der Waals surface area (Å²) in [4.78, 5) is 9.35. The smallest absolute Gasteiger partial charge is 0.271 e. The number of non-ortho nitro benzene ring substituents is 1. The number of nitrogens with zero attached hydrogens (tertiary/aromatic N) is 1. The van der Waals surface area contributed by atoms with Crippen molar-refractivity contribution in [3.8, 4) is 0 Å². The van der Waals surface area contributed by atoms with Crippen LogP contribution in [0.4, 0.5) is 5.69 Å². The maximum atomic E-state index is 12.1. The number of aliphatic hydroxyl groups is 3. The van der Waals surface area contributed by atoms with E-state index in [1.807, 2.05) is 4.72 Å². The van der Waals surface area contributed by atoms with Gasteiger partial charge in [0.05, 0.1) is 29.8 Å². The van der Waals surface area contributed by atoms with Crippen LogP contribution in [0.3, 0.4) is 0 Å². The molecule has 0 amide bonds. The van der Waals surface area contributed by atoms with Crippen LogP contribution in [0.1, 0.15) is 0 Å². The van der Waals surface area contributed by atoms with E-state index in [0.29, 0.717) is 0 Å². The van der Waals surface area contributed by atoms with Gasteiger partial charge >= 0.3 is 0 Å². The Balaban J connectivity index is 3.23. The molecule has 4 N–H and O–H groups in total. The van der Waals surface area contributed by atoms with Crippen LogP contribution in [0.15, 0.2) is 23.1 Å². The maximum absolute atomic E-state index is 12.1. The Morgan fingerprint density at radius 3 is 2.14 bits per heavy atom. The zero-order valence-corrected chi connectivity index (χ0v) is 12.1. The highest BCUT2D eigenvalue weighted by molar-refractivity contribution is 7.89. The molecule has 118 valence electrons. The van der Waals surface area contributed by atoms with E-state index in [-0.39, 0.29) is 0 Å². The topological polar surface area (TPSA) is 150 Å². The van der Waals surface area contributed by atoms with Crippen LogP contribution < -0.4 is 4.72 Å². The second-order valence-corrected chi connectivity index (χ2v) is 6.29. The van der Waals surface area contributed by atoms with Gasteiger partial charge in [0, 0.05) is 12.1 Å². The van der Waals surface area contributed by atoms with E-state index >= 15 is 0 Å². The number of halogens is 1. The maximum Gasteiger partial charge on any atom is 0.271 e. The molecule has 9 nitrogen and oxygen atoms in total. The largest absolute Gasteiger partial charge is 0.394 e. The molecule has 1 aromatic carbocycles. The molecule has 0 bridgehead atoms. The first-order valence-corrected chi connectivity index (χ1v) is 7.38. The molecule has 0 saturated carbocycles. The molecule has 0 heterocycles. The first-order chi connectivity index (χ1) is 9.71. The Morgan fingerprint density at radius 1 is 1.24 bits per heavy atom. The molecule has 0 aliphatic carbocycles. The number of hydrogen-bond acceptors (Lipinski definition) is 7. The van der Waals surface area contributed by atoms with Crippen LogP contribution in [-0.2, 0) is 10.0 Å². The fourth-order valence-corrected chi connectivity index (χ4v) is 3.32. The highest BCUT2D eigenvalue weighted by atomic mass is 35.5. The minimum Gasteiger partial charge on any atom is -0.394 e. The molecule has 0 aliphatic rings. The Labute approximate surface area is 125 Å². The van der Waals surface area contributed by atoms with Gasteiger partial charge in [0.15, 0.2) is 0 Å². The Hall–Kier alpha value is -1.30. The van der Waals surface area contributed by atoms with Crippen LogP contribution in [0, 0.1) is 10.1 Å². The monoisotopic (exact) mass is 340 g/mol. The second kappa shape index (κ2) is 6.64. The van der Waals surface area contributed by atoms with E-state index in [2.05, 4.69) is 0 Å². The number of rotatable bonds is 7. The summed E-state index contributed by atoms with van der Waals surface area (Å²) in [6.45, 7) is -2.57. The van der Waals surface area contributed by atoms with Crippen LogP contribution in [0.5, 0.6) is 0 Å². The zero-order valence-electron chi connectivity index (χ0n) is 10.6. The average Bonchev–Trinajstić information content (AvgIpc) is 2.44. The van der Waals surface area contributed by atoms with Crippen LogP contribution >= 0.6 is 11.6 Å². The summed E-state index contributed by atoms with van der Waals surface area (Å²) in [6, 6.07) is 2.72. The van der Waals surface area contributed by atoms with E-state index in [1.165, 1.54) is 0 Å². The molecule has 0 spiro atoms. The van der Waals surface area contributed by atoms with Crippen LogP contribution in [0.2, 0.25) is 5.02 Å². The summed E-state index contributed by atoms with van der Waals surface area (Å²) in [5.74, 6) is 0. The van der Waals surface area contributed by atoms with Gasteiger partial charge in [-0.05, 0) is 6.07 Å². The molecular formula is C10H13ClN2O7S. The van der Waals surface area contributed by atoms with Crippen molar-refractivity contribution >= 4 is 27.3 Å². The van der Waals surface area contributed by atoms with Crippen molar-refractivity contribution in [2.75, 3.05) is 19.8 Å². The lowest BCUT2D eigenvalue weighted by atomic mass is 10.1. The number of nitro benzene ring substituents is 1. The van der Waals surface area contributed by atoms with Crippen molar-refractivity contribution in [2.24, 2.45) is 0 Å². The number of sulfonamides is 1. The lowest BCUT2D eigenvalue weighted by molar-refractivity contribution is -0.384. The van der Waals surface area contributed by atoms with Gasteiger partial charge in [0.2, 0.25) is 10.0 Å². The number of aliphatic hydroxyl groups excluding tert-OH is 3. The Morgan fingerprint density at radius 2 is 1.76 bits per heavy atom. The molecule has 11 heteroatoms. The summed E-state index contributed by atoms with van der Waals surface area (Å²) >= 11 is 5.71. The third-order valence-corrected chi connectivity index (χ3v) is 4.74. The van der Waals surface area contributed by atoms with Gasteiger partial charge in [-0.15, -0.1) is 0 Å². The normalized spacial score (nSPS) is 12.4. The van der Waals surface area contributed by atoms with Gasteiger partial charge in [0.1, 0.15) is 10.4 Å². The summed E-state index contributed by atoms with van der Waals surface area (Å²) in [6.07, 6.45) is 0. The van der Waals surface area contributed by atoms with Crippen molar-refractivity contribution in [3.63, 3.8) is 0 Å². The SMILES string of the molecule is O=[N+]([O-])c1ccc(S(=O)(=O)NC(CO)(CO)CO)c(Cl)c1. The molecule has 0 fully saturated rings. The van der Waals surface area contributed by atoms with E-state index in [1.54, 1.807) is 0 Å². The molecule has 0 radical (unpaired) electrons. The number of hydrogen-bond donors (Lipinski definition) is 4. The highest BCUT2D eigenvalue weighted by Gasteiger charge is 2.35. The predicted molar refractivity (Wildman–Crippen MR) is 72.4 cm³/mol. The van der Waals surface area contributed by atoms with Gasteiger partial charge in [-0.3, -0.25) is 10.1 Å². The lowest BCUT2D eigenvalue weighted by Gasteiger charge is -2.28. The molecule has 0 atom stereocenters. The van der Waals surface area contributed by atoms with Crippen LogP contribution in [0.25, 0.3) is 0 Å². The first-order valence-electron chi connectivity index (χ1n) is 5.52. The van der Waals surface area contributed by atoms with Gasteiger partial charge in [-0.2, -0.15) is 4.72 Å². The quantitative estimate of drug-likeness (QED) is 0.376. The summed E-state index contributed by atoms with van der Waals surface area (Å²) in [5, 5.41) is 37.5. The van der Waals surface area contributed by atoms with E-state index in [0.717, 1.165) is 18.2 Å². The van der Waals surface area contributed by atoms with Crippen molar-refractivity contribution in [1.29, 1.82) is 0 Å². The second-order valence-electron chi connectivity index (χ2n) is 4.23. The highest BCUT2D eigenvalue weighted by Crippen LogP contribution is 2.26. The fraction of sp³-hybridized carbons (Fsp3) is 0.400. The summed E-state index contributed by atoms with van der Waals surface area (Å²) in [7, 11) is -4.31. The predicted octanol–water partition coefficient (Wildman–Crippen LogP) is -0.758. The minimum absolute atomic E-state index is 0.392. The average molecular weight is 341 g/mol. The third kappa shape index (κ3) is 3.87. The van der Waals surface area contributed by atoms with E-state index in [4.69, 9.17) is 26.9 Å². The zero-order chi connectivity index (χ0) is 16.3. The first kappa shape index (κ1) is 17.8. The molecule has 0 aliphatic heterocycles. The van der Waals surface area contributed by atoms with Crippen molar-refractivity contribution in [2.45, 2.75) is 10.4 Å². The molecule has 1 rings (SSSR count).